The van der Waals surface area contributed by atoms with Crippen LogP contribution in [0.2, 0.25) is 0 Å². The minimum atomic E-state index is -3.81. The number of aliphatic hydroxyl groups excluding tert-OH is 1. The van der Waals surface area contributed by atoms with Gasteiger partial charge in [0, 0.05) is 13.2 Å². The molecule has 8 heteroatoms. The number of thiophene rings is 1. The predicted octanol–water partition coefficient (Wildman–Crippen LogP) is 1.53. The number of ether oxygens (including phenoxy) is 1. The van der Waals surface area contributed by atoms with Gasteiger partial charge in [-0.05, 0) is 29.7 Å². The van der Waals surface area contributed by atoms with Gasteiger partial charge in [0.25, 0.3) is 0 Å². The molecule has 1 rings (SSSR count). The van der Waals surface area contributed by atoms with Gasteiger partial charge in [0.05, 0.1) is 7.11 Å². The number of aliphatic hydroxyl groups is 1. The third-order valence-electron chi connectivity index (χ3n) is 3.09. The van der Waals surface area contributed by atoms with E-state index in [1.165, 1.54) is 7.11 Å². The minimum absolute atomic E-state index is 0.0143. The number of carbonyl (C=O) groups excluding carboxylic acids is 1. The Morgan fingerprint density at radius 1 is 1.48 bits per heavy atom. The fourth-order valence-corrected chi connectivity index (χ4v) is 4.70. The van der Waals surface area contributed by atoms with Gasteiger partial charge in [0.2, 0.25) is 10.0 Å². The highest BCUT2D eigenvalue weighted by atomic mass is 32.2. The molecule has 0 aromatic carbocycles. The van der Waals surface area contributed by atoms with Crippen LogP contribution >= 0.6 is 11.3 Å². The van der Waals surface area contributed by atoms with E-state index in [1.807, 2.05) is 13.8 Å². The number of carbonyl (C=O) groups is 1. The van der Waals surface area contributed by atoms with Crippen molar-refractivity contribution >= 4 is 27.3 Å². The number of rotatable bonds is 7. The van der Waals surface area contributed by atoms with E-state index in [9.17, 15) is 13.2 Å². The van der Waals surface area contributed by atoms with E-state index in [2.05, 4.69) is 9.46 Å². The van der Waals surface area contributed by atoms with Gasteiger partial charge in [-0.25, -0.2) is 17.9 Å². The Bertz CT molecular complexity index is 604. The quantitative estimate of drug-likeness (QED) is 0.737. The van der Waals surface area contributed by atoms with E-state index in [1.54, 1.807) is 12.3 Å². The minimum Gasteiger partial charge on any atom is -0.465 e. The molecular weight excluding hydrogens is 314 g/mol. The van der Waals surface area contributed by atoms with E-state index in [0.29, 0.717) is 12.0 Å². The molecule has 0 amide bonds. The van der Waals surface area contributed by atoms with Gasteiger partial charge in [0.1, 0.15) is 9.77 Å². The maximum absolute atomic E-state index is 12.4. The highest BCUT2D eigenvalue weighted by Crippen LogP contribution is 2.28. The lowest BCUT2D eigenvalue weighted by Gasteiger charge is -2.23. The van der Waals surface area contributed by atoms with E-state index in [-0.39, 0.29) is 28.3 Å². The zero-order chi connectivity index (χ0) is 16.3. The molecule has 0 fully saturated rings. The monoisotopic (exact) mass is 335 g/mol. The van der Waals surface area contributed by atoms with Crippen LogP contribution in [0.15, 0.2) is 10.3 Å². The average molecular weight is 335 g/mol. The van der Waals surface area contributed by atoms with Crippen LogP contribution < -0.4 is 4.72 Å². The third-order valence-corrected chi connectivity index (χ3v) is 5.88. The topological polar surface area (TPSA) is 92.7 Å². The number of sulfonamides is 1. The summed E-state index contributed by atoms with van der Waals surface area (Å²) in [6.07, 6.45) is 0.474. The van der Waals surface area contributed by atoms with Crippen molar-refractivity contribution < 1.29 is 23.1 Å². The molecule has 0 aliphatic carbocycles. The van der Waals surface area contributed by atoms with Gasteiger partial charge in [-0.3, -0.25) is 0 Å². The molecular formula is C13H21NO5S2. The fraction of sp³-hybridized carbons (Fsp3) is 0.615. The molecule has 6 nitrogen and oxygen atoms in total. The standard InChI is InChI=1S/C13H21NO5S2/c1-9-7-20-10(12(16)19-4)11(9)21(17,18)14-8-13(2,3)5-6-15/h7,14-15H,5-6,8H2,1-4H3. The summed E-state index contributed by atoms with van der Waals surface area (Å²) in [6.45, 7) is 5.50. The van der Waals surface area contributed by atoms with Crippen LogP contribution in [-0.2, 0) is 14.8 Å². The van der Waals surface area contributed by atoms with E-state index < -0.39 is 16.0 Å². The van der Waals surface area contributed by atoms with Crippen LogP contribution in [0.25, 0.3) is 0 Å². The lowest BCUT2D eigenvalue weighted by molar-refractivity contribution is 0.0602. The van der Waals surface area contributed by atoms with Gasteiger partial charge in [0.15, 0.2) is 0 Å². The average Bonchev–Trinajstić information content (AvgIpc) is 2.78. The molecule has 0 radical (unpaired) electrons. The van der Waals surface area contributed by atoms with Gasteiger partial charge in [-0.15, -0.1) is 11.3 Å². The van der Waals surface area contributed by atoms with E-state index >= 15 is 0 Å². The molecule has 0 saturated heterocycles. The van der Waals surface area contributed by atoms with Crippen LogP contribution in [0.1, 0.15) is 35.5 Å². The molecule has 120 valence electrons. The molecule has 0 atom stereocenters. The first-order valence-electron chi connectivity index (χ1n) is 6.41. The summed E-state index contributed by atoms with van der Waals surface area (Å²) in [6, 6.07) is 0. The number of methoxy groups -OCH3 is 1. The van der Waals surface area contributed by atoms with Crippen LogP contribution in [0, 0.1) is 12.3 Å². The molecule has 0 aliphatic rings. The summed E-state index contributed by atoms with van der Waals surface area (Å²) < 4.78 is 32.0. The molecule has 0 spiro atoms. The summed E-state index contributed by atoms with van der Waals surface area (Å²) in [5.74, 6) is -0.664. The molecule has 2 N–H and O–H groups in total. The van der Waals surface area contributed by atoms with Crippen molar-refractivity contribution in [1.29, 1.82) is 0 Å². The number of hydrogen-bond acceptors (Lipinski definition) is 6. The maximum Gasteiger partial charge on any atom is 0.349 e. The summed E-state index contributed by atoms with van der Waals surface area (Å²) in [4.78, 5) is 11.7. The molecule has 21 heavy (non-hydrogen) atoms. The zero-order valence-corrected chi connectivity index (χ0v) is 14.2. The van der Waals surface area contributed by atoms with Crippen LogP contribution in [0.4, 0.5) is 0 Å². The second-order valence-electron chi connectivity index (χ2n) is 5.53. The van der Waals surface area contributed by atoms with Crippen LogP contribution in [0.5, 0.6) is 0 Å². The normalized spacial score (nSPS) is 12.4. The van der Waals surface area contributed by atoms with Crippen LogP contribution in [-0.4, -0.2) is 39.8 Å². The molecule has 0 aliphatic heterocycles. The number of esters is 1. The second kappa shape index (κ2) is 6.87. The molecule has 0 bridgehead atoms. The lowest BCUT2D eigenvalue weighted by Crippen LogP contribution is -2.35. The first-order valence-corrected chi connectivity index (χ1v) is 8.78. The molecule has 0 unspecified atom stereocenters. The van der Waals surface area contributed by atoms with Gasteiger partial charge < -0.3 is 9.84 Å². The van der Waals surface area contributed by atoms with Gasteiger partial charge in [-0.1, -0.05) is 13.8 Å². The Kier molecular flexibility index (Phi) is 5.92. The smallest absolute Gasteiger partial charge is 0.349 e. The first-order chi connectivity index (χ1) is 9.64. The van der Waals surface area contributed by atoms with Crippen molar-refractivity contribution in [2.24, 2.45) is 5.41 Å². The maximum atomic E-state index is 12.4. The van der Waals surface area contributed by atoms with Gasteiger partial charge >= 0.3 is 5.97 Å². The highest BCUT2D eigenvalue weighted by molar-refractivity contribution is 7.89. The second-order valence-corrected chi connectivity index (χ2v) is 8.11. The highest BCUT2D eigenvalue weighted by Gasteiger charge is 2.29. The van der Waals surface area contributed by atoms with Crippen molar-refractivity contribution in [3.8, 4) is 0 Å². The number of hydrogen-bond donors (Lipinski definition) is 2. The summed E-state index contributed by atoms with van der Waals surface area (Å²) in [5, 5.41) is 10.6. The van der Waals surface area contributed by atoms with Crippen molar-refractivity contribution in [3.63, 3.8) is 0 Å². The van der Waals surface area contributed by atoms with Crippen molar-refractivity contribution in [2.75, 3.05) is 20.3 Å². The molecule has 1 heterocycles. The SMILES string of the molecule is COC(=O)c1scc(C)c1S(=O)(=O)NCC(C)(C)CCO. The largest absolute Gasteiger partial charge is 0.465 e. The Morgan fingerprint density at radius 2 is 2.10 bits per heavy atom. The molecule has 1 aromatic rings. The van der Waals surface area contributed by atoms with Crippen molar-refractivity contribution in [3.05, 3.63) is 15.8 Å². The third kappa shape index (κ3) is 4.50. The summed E-state index contributed by atoms with van der Waals surface area (Å²) in [5.41, 5.74) is 0.129. The predicted molar refractivity (Wildman–Crippen MR) is 81.1 cm³/mol. The number of nitrogens with one attached hydrogen (secondary N) is 1. The van der Waals surface area contributed by atoms with Crippen molar-refractivity contribution in [1.82, 2.24) is 4.72 Å². The Labute approximate surface area is 129 Å². The summed E-state index contributed by atoms with van der Waals surface area (Å²) in [7, 11) is -2.59. The van der Waals surface area contributed by atoms with E-state index in [4.69, 9.17) is 5.11 Å². The first kappa shape index (κ1) is 18.1. The molecule has 0 saturated carbocycles. The Balaban J connectivity index is 3.04. The van der Waals surface area contributed by atoms with Crippen LogP contribution in [0.3, 0.4) is 0 Å². The zero-order valence-electron chi connectivity index (χ0n) is 12.6. The lowest BCUT2D eigenvalue weighted by atomic mass is 9.90. The van der Waals surface area contributed by atoms with Crippen molar-refractivity contribution in [2.45, 2.75) is 32.1 Å². The number of aryl methyl sites for hydroxylation is 1. The van der Waals surface area contributed by atoms with Gasteiger partial charge in [-0.2, -0.15) is 0 Å². The van der Waals surface area contributed by atoms with E-state index in [0.717, 1.165) is 11.3 Å². The Hall–Kier alpha value is -0.960. The molecule has 1 aromatic heterocycles. The Morgan fingerprint density at radius 3 is 2.62 bits per heavy atom. The fourth-order valence-electron chi connectivity index (χ4n) is 1.75. The summed E-state index contributed by atoms with van der Waals surface area (Å²) >= 11 is 1.05.